The van der Waals surface area contributed by atoms with Crippen LogP contribution in [0.2, 0.25) is 0 Å². The van der Waals surface area contributed by atoms with Crippen molar-refractivity contribution >= 4 is 5.91 Å². The second-order valence-electron chi connectivity index (χ2n) is 7.95. The quantitative estimate of drug-likeness (QED) is 0.747. The van der Waals surface area contributed by atoms with Crippen LogP contribution in [0.4, 0.5) is 0 Å². The number of likely N-dealkylation sites (N-methyl/N-ethyl adjacent to an activating group) is 1. The third-order valence-electron chi connectivity index (χ3n) is 4.38. The Bertz CT molecular complexity index is 553. The van der Waals surface area contributed by atoms with Crippen LogP contribution in [0.3, 0.4) is 0 Å². The molecule has 1 saturated heterocycles. The molecule has 1 aromatic rings. The van der Waals surface area contributed by atoms with Crippen LogP contribution in [0, 0.1) is 0 Å². The summed E-state index contributed by atoms with van der Waals surface area (Å²) < 4.78 is 5.65. The Hall–Kier alpha value is -1.59. The number of amides is 1. The minimum absolute atomic E-state index is 0.0426. The number of carbonyl (C=O) groups is 1. The van der Waals surface area contributed by atoms with Crippen LogP contribution < -0.4 is 20.7 Å². The van der Waals surface area contributed by atoms with Crippen molar-refractivity contribution in [2.45, 2.75) is 64.2 Å². The first-order valence-corrected chi connectivity index (χ1v) is 8.65. The molecular weight excluding hydrogens is 302 g/mol. The number of hydrogen-bond acceptors (Lipinski definition) is 4. The summed E-state index contributed by atoms with van der Waals surface area (Å²) in [4.78, 5) is 11.4. The average molecular weight is 333 g/mol. The lowest BCUT2D eigenvalue weighted by Gasteiger charge is -2.46. The van der Waals surface area contributed by atoms with E-state index in [9.17, 15) is 4.79 Å². The second-order valence-corrected chi connectivity index (χ2v) is 7.95. The molecular formula is C19H31N3O2. The summed E-state index contributed by atoms with van der Waals surface area (Å²) in [7, 11) is 1.61. The van der Waals surface area contributed by atoms with Crippen LogP contribution in [0.15, 0.2) is 24.3 Å². The van der Waals surface area contributed by atoms with E-state index in [4.69, 9.17) is 4.74 Å². The van der Waals surface area contributed by atoms with Crippen molar-refractivity contribution in [3.05, 3.63) is 29.8 Å². The van der Waals surface area contributed by atoms with Gasteiger partial charge in [0.1, 0.15) is 5.75 Å². The van der Waals surface area contributed by atoms with Gasteiger partial charge in [0.2, 0.25) is 0 Å². The molecule has 134 valence electrons. The predicted molar refractivity (Wildman–Crippen MR) is 97.2 cm³/mol. The number of ether oxygens (including phenoxy) is 1. The first kappa shape index (κ1) is 18.7. The van der Waals surface area contributed by atoms with Crippen molar-refractivity contribution in [1.29, 1.82) is 0 Å². The van der Waals surface area contributed by atoms with Crippen molar-refractivity contribution in [2.24, 2.45) is 0 Å². The van der Waals surface area contributed by atoms with Crippen LogP contribution in [0.5, 0.6) is 5.75 Å². The van der Waals surface area contributed by atoms with Crippen molar-refractivity contribution in [2.75, 3.05) is 13.7 Å². The van der Waals surface area contributed by atoms with Gasteiger partial charge >= 0.3 is 0 Å². The highest BCUT2D eigenvalue weighted by atomic mass is 16.5. The Morgan fingerprint density at radius 3 is 2.46 bits per heavy atom. The van der Waals surface area contributed by atoms with Gasteiger partial charge in [-0.1, -0.05) is 18.2 Å². The maximum atomic E-state index is 11.4. The summed E-state index contributed by atoms with van der Waals surface area (Å²) in [5, 5.41) is 9.94. The van der Waals surface area contributed by atoms with Crippen molar-refractivity contribution in [1.82, 2.24) is 16.0 Å². The molecule has 0 atom stereocenters. The summed E-state index contributed by atoms with van der Waals surface area (Å²) >= 11 is 0. The van der Waals surface area contributed by atoms with E-state index in [0.717, 1.165) is 30.7 Å². The molecule has 1 heterocycles. The van der Waals surface area contributed by atoms with E-state index in [-0.39, 0.29) is 23.6 Å². The van der Waals surface area contributed by atoms with E-state index in [0.29, 0.717) is 6.04 Å². The molecule has 1 amide bonds. The predicted octanol–water partition coefficient (Wildman–Crippen LogP) is 2.21. The highest BCUT2D eigenvalue weighted by Crippen LogP contribution is 2.29. The highest BCUT2D eigenvalue weighted by molar-refractivity contribution is 5.77. The molecule has 24 heavy (non-hydrogen) atoms. The van der Waals surface area contributed by atoms with E-state index in [1.165, 1.54) is 0 Å². The van der Waals surface area contributed by atoms with Crippen LogP contribution in [0.25, 0.3) is 0 Å². The van der Waals surface area contributed by atoms with E-state index in [1.807, 2.05) is 24.3 Å². The molecule has 0 unspecified atom stereocenters. The molecule has 1 aliphatic rings. The first-order chi connectivity index (χ1) is 11.2. The van der Waals surface area contributed by atoms with Gasteiger partial charge in [-0.05, 0) is 46.6 Å². The van der Waals surface area contributed by atoms with Gasteiger partial charge in [0.05, 0.1) is 0 Å². The van der Waals surface area contributed by atoms with Crippen LogP contribution in [-0.2, 0) is 11.3 Å². The Morgan fingerprint density at radius 1 is 1.21 bits per heavy atom. The zero-order valence-corrected chi connectivity index (χ0v) is 15.5. The van der Waals surface area contributed by atoms with Gasteiger partial charge in [-0.15, -0.1) is 0 Å². The van der Waals surface area contributed by atoms with E-state index in [1.54, 1.807) is 7.05 Å². The summed E-state index contributed by atoms with van der Waals surface area (Å²) in [5.41, 5.74) is 1.32. The maximum absolute atomic E-state index is 11.4. The number of para-hydroxylation sites is 1. The Kier molecular flexibility index (Phi) is 5.88. The standard InChI is InChI=1S/C19H31N3O2/c1-18(2)10-15(11-19(3,4)22-18)21-12-14-8-6-7-9-16(14)24-13-17(23)20-5/h6-9,15,21-22H,10-13H2,1-5H3,(H,20,23). The summed E-state index contributed by atoms with van der Waals surface area (Å²) in [6.45, 7) is 9.79. The summed E-state index contributed by atoms with van der Waals surface area (Å²) in [6, 6.07) is 8.34. The topological polar surface area (TPSA) is 62.4 Å². The average Bonchev–Trinajstić information content (AvgIpc) is 2.48. The second kappa shape index (κ2) is 7.53. The van der Waals surface area contributed by atoms with Gasteiger partial charge in [0, 0.05) is 36.3 Å². The number of nitrogens with one attached hydrogen (secondary N) is 3. The molecule has 0 aliphatic carbocycles. The van der Waals surface area contributed by atoms with Crippen LogP contribution >= 0.6 is 0 Å². The SMILES string of the molecule is CNC(=O)COc1ccccc1CNC1CC(C)(C)NC(C)(C)C1. The van der Waals surface area contributed by atoms with Gasteiger partial charge in [-0.2, -0.15) is 0 Å². The third kappa shape index (κ3) is 5.49. The molecule has 2 rings (SSSR count). The molecule has 0 aromatic heterocycles. The smallest absolute Gasteiger partial charge is 0.257 e. The van der Waals surface area contributed by atoms with Crippen LogP contribution in [0.1, 0.15) is 46.1 Å². The van der Waals surface area contributed by atoms with Gasteiger partial charge < -0.3 is 20.7 Å². The normalized spacial score (nSPS) is 19.7. The molecule has 5 heteroatoms. The number of piperidine rings is 1. The van der Waals surface area contributed by atoms with E-state index >= 15 is 0 Å². The lowest BCUT2D eigenvalue weighted by Crippen LogP contribution is -2.61. The van der Waals surface area contributed by atoms with Crippen molar-refractivity contribution in [3.8, 4) is 5.75 Å². The Morgan fingerprint density at radius 2 is 1.83 bits per heavy atom. The number of carbonyl (C=O) groups excluding carboxylic acids is 1. The highest BCUT2D eigenvalue weighted by Gasteiger charge is 2.37. The number of rotatable bonds is 6. The minimum Gasteiger partial charge on any atom is -0.483 e. The Labute approximate surface area is 145 Å². The lowest BCUT2D eigenvalue weighted by molar-refractivity contribution is -0.122. The van der Waals surface area contributed by atoms with Crippen LogP contribution in [-0.4, -0.2) is 36.7 Å². The van der Waals surface area contributed by atoms with Gasteiger partial charge in [0.15, 0.2) is 6.61 Å². The molecule has 1 aliphatic heterocycles. The Balaban J connectivity index is 1.97. The fourth-order valence-electron chi connectivity index (χ4n) is 3.73. The van der Waals surface area contributed by atoms with Gasteiger partial charge in [0.25, 0.3) is 5.91 Å². The summed E-state index contributed by atoms with van der Waals surface area (Å²) in [5.74, 6) is 0.640. The first-order valence-electron chi connectivity index (χ1n) is 8.65. The summed E-state index contributed by atoms with van der Waals surface area (Å²) in [6.07, 6.45) is 2.16. The largest absolute Gasteiger partial charge is 0.483 e. The zero-order chi connectivity index (χ0) is 17.8. The molecule has 0 bridgehead atoms. The molecule has 1 aromatic carbocycles. The van der Waals surface area contributed by atoms with E-state index < -0.39 is 0 Å². The third-order valence-corrected chi connectivity index (χ3v) is 4.38. The number of hydrogen-bond donors (Lipinski definition) is 3. The van der Waals surface area contributed by atoms with E-state index in [2.05, 4.69) is 43.6 Å². The maximum Gasteiger partial charge on any atom is 0.257 e. The molecule has 0 radical (unpaired) electrons. The lowest BCUT2D eigenvalue weighted by atomic mass is 9.79. The van der Waals surface area contributed by atoms with Crippen molar-refractivity contribution < 1.29 is 9.53 Å². The van der Waals surface area contributed by atoms with Gasteiger partial charge in [-0.3, -0.25) is 4.79 Å². The fraction of sp³-hybridized carbons (Fsp3) is 0.632. The minimum atomic E-state index is -0.125. The monoisotopic (exact) mass is 333 g/mol. The zero-order valence-electron chi connectivity index (χ0n) is 15.5. The molecule has 0 spiro atoms. The fourth-order valence-corrected chi connectivity index (χ4v) is 3.73. The molecule has 0 saturated carbocycles. The molecule has 3 N–H and O–H groups in total. The van der Waals surface area contributed by atoms with Crippen molar-refractivity contribution in [3.63, 3.8) is 0 Å². The molecule has 1 fully saturated rings. The molecule has 5 nitrogen and oxygen atoms in total. The number of benzene rings is 1. The van der Waals surface area contributed by atoms with Gasteiger partial charge in [-0.25, -0.2) is 0 Å².